The fourth-order valence-corrected chi connectivity index (χ4v) is 2.36. The Morgan fingerprint density at radius 1 is 1.18 bits per heavy atom. The second-order valence-electron chi connectivity index (χ2n) is 5.71. The molecule has 150 valence electrons. The number of anilines is 1. The molecule has 2 aromatic rings. The van der Waals surface area contributed by atoms with E-state index < -0.39 is 47.5 Å². The Hall–Kier alpha value is -2.81. The molecule has 2 amide bonds. The van der Waals surface area contributed by atoms with Crippen LogP contribution in [0.2, 0.25) is 5.02 Å². The minimum atomic E-state index is -4.67. The van der Waals surface area contributed by atoms with Crippen molar-refractivity contribution in [1.82, 2.24) is 4.90 Å². The second-order valence-corrected chi connectivity index (χ2v) is 6.12. The van der Waals surface area contributed by atoms with Gasteiger partial charge in [0.05, 0.1) is 17.1 Å². The zero-order valence-corrected chi connectivity index (χ0v) is 15.3. The van der Waals surface area contributed by atoms with Crippen molar-refractivity contribution in [1.29, 1.82) is 0 Å². The molecule has 0 fully saturated rings. The number of likely N-dealkylation sites (N-methyl/N-ethyl adjacent to an activating group) is 1. The third kappa shape index (κ3) is 5.85. The Morgan fingerprint density at radius 3 is 2.50 bits per heavy atom. The van der Waals surface area contributed by atoms with E-state index in [0.717, 1.165) is 17.0 Å². The minimum absolute atomic E-state index is 0.116. The molecule has 0 bridgehead atoms. The van der Waals surface area contributed by atoms with Crippen LogP contribution in [0.5, 0.6) is 5.75 Å². The summed E-state index contributed by atoms with van der Waals surface area (Å²) >= 11 is 5.51. The lowest BCUT2D eigenvalue weighted by atomic mass is 10.2. The van der Waals surface area contributed by atoms with E-state index in [-0.39, 0.29) is 11.4 Å². The number of alkyl halides is 3. The molecule has 0 aliphatic heterocycles. The molecule has 0 saturated carbocycles. The summed E-state index contributed by atoms with van der Waals surface area (Å²) in [6.45, 7) is -0.951. The van der Waals surface area contributed by atoms with E-state index in [1.54, 1.807) is 0 Å². The molecule has 5 nitrogen and oxygen atoms in total. The highest BCUT2D eigenvalue weighted by molar-refractivity contribution is 6.31. The third-order valence-electron chi connectivity index (χ3n) is 3.55. The molecular formula is C18H15ClF4N2O3. The molecule has 0 heterocycles. The molecular weight excluding hydrogens is 404 g/mol. The fraction of sp³-hybridized carbons (Fsp3) is 0.222. The highest BCUT2D eigenvalue weighted by atomic mass is 35.5. The molecule has 0 aliphatic rings. The molecule has 0 aliphatic carbocycles. The van der Waals surface area contributed by atoms with Crippen LogP contribution in [-0.4, -0.2) is 36.9 Å². The van der Waals surface area contributed by atoms with E-state index in [1.807, 2.05) is 0 Å². The van der Waals surface area contributed by atoms with Gasteiger partial charge >= 0.3 is 6.18 Å². The first-order chi connectivity index (χ1) is 13.1. The van der Waals surface area contributed by atoms with Crippen molar-refractivity contribution in [3.63, 3.8) is 0 Å². The standard InChI is InChI=1S/C18H15ClF4N2O3/c1-25(17(27)10-28-15-5-3-2-4-14(15)20)9-16(26)24-11-6-7-13(19)12(8-11)18(21,22)23/h2-8H,9-10H2,1H3,(H,24,26). The van der Waals surface area contributed by atoms with Gasteiger partial charge in [0.1, 0.15) is 0 Å². The van der Waals surface area contributed by atoms with Gasteiger partial charge in [0.2, 0.25) is 5.91 Å². The zero-order valence-electron chi connectivity index (χ0n) is 14.5. The number of carbonyl (C=O) groups excluding carboxylic acids is 2. The second kappa shape index (κ2) is 8.92. The van der Waals surface area contributed by atoms with Crippen molar-refractivity contribution >= 4 is 29.1 Å². The van der Waals surface area contributed by atoms with Gasteiger partial charge in [0.25, 0.3) is 5.91 Å². The average molecular weight is 419 g/mol. The molecule has 10 heteroatoms. The summed E-state index contributed by atoms with van der Waals surface area (Å²) in [6, 6.07) is 8.41. The molecule has 0 saturated heterocycles. The quantitative estimate of drug-likeness (QED) is 0.722. The number of nitrogens with zero attached hydrogens (tertiary/aromatic N) is 1. The lowest BCUT2D eigenvalue weighted by Gasteiger charge is -2.18. The van der Waals surface area contributed by atoms with Crippen LogP contribution in [0.1, 0.15) is 5.56 Å². The number of nitrogens with one attached hydrogen (secondary N) is 1. The monoisotopic (exact) mass is 418 g/mol. The molecule has 0 atom stereocenters. The first-order valence-electron chi connectivity index (χ1n) is 7.86. The van der Waals surface area contributed by atoms with Gasteiger partial charge in [-0.2, -0.15) is 13.2 Å². The van der Waals surface area contributed by atoms with Gasteiger partial charge in [-0.1, -0.05) is 23.7 Å². The Bertz CT molecular complexity index is 874. The first kappa shape index (κ1) is 21.5. The number of rotatable bonds is 6. The van der Waals surface area contributed by atoms with Crippen LogP contribution >= 0.6 is 11.6 Å². The molecule has 1 N–H and O–H groups in total. The number of halogens is 5. The molecule has 0 unspecified atom stereocenters. The zero-order chi connectivity index (χ0) is 20.9. The minimum Gasteiger partial charge on any atom is -0.481 e. The highest BCUT2D eigenvalue weighted by Crippen LogP contribution is 2.36. The van der Waals surface area contributed by atoms with E-state index >= 15 is 0 Å². The summed E-state index contributed by atoms with van der Waals surface area (Å²) in [4.78, 5) is 25.0. The Morgan fingerprint density at radius 2 is 1.86 bits per heavy atom. The van der Waals surface area contributed by atoms with Crippen LogP contribution in [0.15, 0.2) is 42.5 Å². The van der Waals surface area contributed by atoms with E-state index in [9.17, 15) is 27.2 Å². The van der Waals surface area contributed by atoms with Gasteiger partial charge in [-0.25, -0.2) is 4.39 Å². The fourth-order valence-electron chi connectivity index (χ4n) is 2.14. The lowest BCUT2D eigenvalue weighted by Crippen LogP contribution is -2.37. The normalized spacial score (nSPS) is 11.1. The van der Waals surface area contributed by atoms with Crippen molar-refractivity contribution in [2.45, 2.75) is 6.18 Å². The maximum absolute atomic E-state index is 13.4. The van der Waals surface area contributed by atoms with Gasteiger partial charge in [-0.15, -0.1) is 0 Å². The highest BCUT2D eigenvalue weighted by Gasteiger charge is 2.33. The molecule has 2 rings (SSSR count). The summed E-state index contributed by atoms with van der Waals surface area (Å²) in [6.07, 6.45) is -4.67. The van der Waals surface area contributed by atoms with Crippen molar-refractivity contribution in [3.05, 3.63) is 58.9 Å². The molecule has 0 radical (unpaired) electrons. The van der Waals surface area contributed by atoms with Gasteiger partial charge < -0.3 is 15.0 Å². The number of amides is 2. The van der Waals surface area contributed by atoms with Crippen LogP contribution < -0.4 is 10.1 Å². The average Bonchev–Trinajstić information content (AvgIpc) is 2.61. The summed E-state index contributed by atoms with van der Waals surface area (Å²) < 4.78 is 57.0. The van der Waals surface area contributed by atoms with Gasteiger partial charge in [0, 0.05) is 12.7 Å². The number of para-hydroxylation sites is 1. The number of benzene rings is 2. The molecule has 28 heavy (non-hydrogen) atoms. The largest absolute Gasteiger partial charge is 0.481 e. The van der Waals surface area contributed by atoms with Crippen molar-refractivity contribution < 1.29 is 31.9 Å². The predicted molar refractivity (Wildman–Crippen MR) is 94.6 cm³/mol. The predicted octanol–water partition coefficient (Wildman–Crippen LogP) is 3.97. The lowest BCUT2D eigenvalue weighted by molar-refractivity contribution is -0.137. The van der Waals surface area contributed by atoms with Gasteiger partial charge in [0.15, 0.2) is 18.2 Å². The smallest absolute Gasteiger partial charge is 0.417 e. The third-order valence-corrected chi connectivity index (χ3v) is 3.88. The maximum atomic E-state index is 13.4. The Balaban J connectivity index is 1.92. The number of hydrogen-bond donors (Lipinski definition) is 1. The van der Waals surface area contributed by atoms with Crippen LogP contribution in [-0.2, 0) is 15.8 Å². The van der Waals surface area contributed by atoms with Crippen molar-refractivity contribution in [3.8, 4) is 5.75 Å². The van der Waals surface area contributed by atoms with E-state index in [2.05, 4.69) is 5.32 Å². The van der Waals surface area contributed by atoms with Crippen molar-refractivity contribution in [2.24, 2.45) is 0 Å². The van der Waals surface area contributed by atoms with Crippen LogP contribution in [0, 0.1) is 5.82 Å². The Kier molecular flexibility index (Phi) is 6.85. The maximum Gasteiger partial charge on any atom is 0.417 e. The summed E-state index contributed by atoms with van der Waals surface area (Å²) in [5.41, 5.74) is -1.21. The molecule has 2 aromatic carbocycles. The van der Waals surface area contributed by atoms with Crippen LogP contribution in [0.3, 0.4) is 0 Å². The first-order valence-corrected chi connectivity index (χ1v) is 8.23. The topological polar surface area (TPSA) is 58.6 Å². The van der Waals surface area contributed by atoms with Gasteiger partial charge in [-0.3, -0.25) is 9.59 Å². The molecule has 0 aromatic heterocycles. The van der Waals surface area contributed by atoms with Crippen LogP contribution in [0.25, 0.3) is 0 Å². The van der Waals surface area contributed by atoms with E-state index in [4.69, 9.17) is 16.3 Å². The van der Waals surface area contributed by atoms with Crippen LogP contribution in [0.4, 0.5) is 23.2 Å². The summed E-state index contributed by atoms with van der Waals surface area (Å²) in [7, 11) is 1.30. The van der Waals surface area contributed by atoms with Gasteiger partial charge in [-0.05, 0) is 30.3 Å². The molecule has 0 spiro atoms. The number of hydrogen-bond acceptors (Lipinski definition) is 3. The number of ether oxygens (including phenoxy) is 1. The summed E-state index contributed by atoms with van der Waals surface area (Å²) in [5.74, 6) is -2.10. The van der Waals surface area contributed by atoms with E-state index in [0.29, 0.717) is 6.07 Å². The summed E-state index contributed by atoms with van der Waals surface area (Å²) in [5, 5.41) is 1.76. The van der Waals surface area contributed by atoms with E-state index in [1.165, 1.54) is 31.3 Å². The number of carbonyl (C=O) groups is 2. The SMILES string of the molecule is CN(CC(=O)Nc1ccc(Cl)c(C(F)(F)F)c1)C(=O)COc1ccccc1F. The van der Waals surface area contributed by atoms with Crippen molar-refractivity contribution in [2.75, 3.05) is 25.5 Å². The Labute approximate surface area is 162 Å².